The highest BCUT2D eigenvalue weighted by atomic mass is 16.2. The van der Waals surface area contributed by atoms with Crippen molar-refractivity contribution in [1.82, 2.24) is 4.90 Å². The summed E-state index contributed by atoms with van der Waals surface area (Å²) in [7, 11) is 2.10. The number of carbonyl (C=O) groups is 1. The van der Waals surface area contributed by atoms with Gasteiger partial charge in [0.2, 0.25) is 5.91 Å². The molecule has 3 heteroatoms. The summed E-state index contributed by atoms with van der Waals surface area (Å²) in [4.78, 5) is 17.6. The van der Waals surface area contributed by atoms with Crippen molar-refractivity contribution in [3.8, 4) is 0 Å². The molecule has 1 aliphatic rings. The first-order valence-electron chi connectivity index (χ1n) is 8.83. The zero-order valence-corrected chi connectivity index (χ0v) is 14.6. The molecule has 1 heterocycles. The highest BCUT2D eigenvalue weighted by molar-refractivity contribution is 5.84. The SMILES string of the molecule is CCCC(C(=O)N1CCN(C)c2ccccc2C1)c1ccccc1. The number of hydrogen-bond acceptors (Lipinski definition) is 2. The Balaban J connectivity index is 1.86. The van der Waals surface area contributed by atoms with Crippen LogP contribution in [-0.4, -0.2) is 30.9 Å². The number of nitrogens with zero attached hydrogens (tertiary/aromatic N) is 2. The summed E-state index contributed by atoms with van der Waals surface area (Å²) in [6.45, 7) is 4.49. The molecule has 0 N–H and O–H groups in total. The molecule has 0 aliphatic carbocycles. The minimum Gasteiger partial charge on any atom is -0.373 e. The van der Waals surface area contributed by atoms with Crippen LogP contribution in [0.2, 0.25) is 0 Å². The van der Waals surface area contributed by atoms with Crippen molar-refractivity contribution in [1.29, 1.82) is 0 Å². The van der Waals surface area contributed by atoms with Crippen LogP contribution in [0.5, 0.6) is 0 Å². The zero-order chi connectivity index (χ0) is 16.9. The highest BCUT2D eigenvalue weighted by Gasteiger charge is 2.27. The van der Waals surface area contributed by atoms with E-state index in [1.54, 1.807) is 0 Å². The zero-order valence-electron chi connectivity index (χ0n) is 14.6. The predicted octanol–water partition coefficient (Wildman–Crippen LogP) is 4.05. The van der Waals surface area contributed by atoms with Gasteiger partial charge in [-0.1, -0.05) is 61.9 Å². The second-order valence-corrected chi connectivity index (χ2v) is 6.56. The number of benzene rings is 2. The lowest BCUT2D eigenvalue weighted by molar-refractivity contribution is -0.133. The quantitative estimate of drug-likeness (QED) is 0.848. The molecule has 0 saturated heterocycles. The summed E-state index contributed by atoms with van der Waals surface area (Å²) in [6.07, 6.45) is 1.91. The standard InChI is InChI=1S/C21H26N2O/c1-3-9-19(17-10-5-4-6-11-17)21(24)23-15-14-22(2)20-13-8-7-12-18(20)16-23/h4-8,10-13,19H,3,9,14-16H2,1-2H3. The summed E-state index contributed by atoms with van der Waals surface area (Å²) in [5, 5.41) is 0. The minimum absolute atomic E-state index is 0.0354. The smallest absolute Gasteiger partial charge is 0.230 e. The van der Waals surface area contributed by atoms with E-state index in [-0.39, 0.29) is 11.8 Å². The average Bonchev–Trinajstić information content (AvgIpc) is 2.79. The van der Waals surface area contributed by atoms with E-state index in [2.05, 4.69) is 55.3 Å². The monoisotopic (exact) mass is 322 g/mol. The topological polar surface area (TPSA) is 23.6 Å². The van der Waals surface area contributed by atoms with Gasteiger partial charge in [-0.2, -0.15) is 0 Å². The number of anilines is 1. The van der Waals surface area contributed by atoms with Crippen LogP contribution in [0.25, 0.3) is 0 Å². The van der Waals surface area contributed by atoms with Crippen LogP contribution in [0, 0.1) is 0 Å². The first kappa shape index (κ1) is 16.6. The Bertz CT molecular complexity index is 683. The van der Waals surface area contributed by atoms with Crippen molar-refractivity contribution < 1.29 is 4.79 Å². The number of amides is 1. The number of fused-ring (bicyclic) bond motifs is 1. The Morgan fingerprint density at radius 3 is 2.50 bits per heavy atom. The van der Waals surface area contributed by atoms with Gasteiger partial charge in [0.05, 0.1) is 5.92 Å². The first-order chi connectivity index (χ1) is 11.7. The number of hydrogen-bond donors (Lipinski definition) is 0. The molecule has 0 radical (unpaired) electrons. The molecule has 24 heavy (non-hydrogen) atoms. The number of rotatable bonds is 4. The summed E-state index contributed by atoms with van der Waals surface area (Å²) in [5.74, 6) is 0.222. The molecule has 0 fully saturated rings. The molecule has 3 nitrogen and oxygen atoms in total. The van der Waals surface area contributed by atoms with Gasteiger partial charge in [0.15, 0.2) is 0 Å². The van der Waals surface area contributed by atoms with Crippen LogP contribution in [0.15, 0.2) is 54.6 Å². The van der Waals surface area contributed by atoms with E-state index < -0.39 is 0 Å². The van der Waals surface area contributed by atoms with Crippen LogP contribution in [-0.2, 0) is 11.3 Å². The third-order valence-corrected chi connectivity index (χ3v) is 4.86. The molecule has 0 aromatic heterocycles. The number of likely N-dealkylation sites (N-methyl/N-ethyl adjacent to an activating group) is 1. The Morgan fingerprint density at radius 1 is 1.04 bits per heavy atom. The van der Waals surface area contributed by atoms with Gasteiger partial charge in [0, 0.05) is 32.4 Å². The molecule has 0 saturated carbocycles. The fourth-order valence-electron chi connectivity index (χ4n) is 3.51. The van der Waals surface area contributed by atoms with E-state index in [4.69, 9.17) is 0 Å². The summed E-state index contributed by atoms with van der Waals surface area (Å²) in [6, 6.07) is 18.6. The van der Waals surface area contributed by atoms with Crippen molar-refractivity contribution >= 4 is 11.6 Å². The van der Waals surface area contributed by atoms with Crippen molar-refractivity contribution in [2.24, 2.45) is 0 Å². The molecule has 126 valence electrons. The second kappa shape index (κ2) is 7.52. The van der Waals surface area contributed by atoms with Gasteiger partial charge < -0.3 is 9.80 Å². The first-order valence-corrected chi connectivity index (χ1v) is 8.83. The van der Waals surface area contributed by atoms with Gasteiger partial charge in [-0.25, -0.2) is 0 Å². The van der Waals surface area contributed by atoms with Gasteiger partial charge in [-0.15, -0.1) is 0 Å². The molecule has 1 aliphatic heterocycles. The van der Waals surface area contributed by atoms with E-state index in [1.807, 2.05) is 23.1 Å². The van der Waals surface area contributed by atoms with Crippen LogP contribution in [0.3, 0.4) is 0 Å². The summed E-state index contributed by atoms with van der Waals surface area (Å²) >= 11 is 0. The molecule has 0 spiro atoms. The number of carbonyl (C=O) groups excluding carboxylic acids is 1. The lowest BCUT2D eigenvalue weighted by Gasteiger charge is -2.26. The highest BCUT2D eigenvalue weighted by Crippen LogP contribution is 2.28. The molecular formula is C21H26N2O. The van der Waals surface area contributed by atoms with Crippen LogP contribution >= 0.6 is 0 Å². The van der Waals surface area contributed by atoms with Crippen LogP contribution in [0.1, 0.15) is 36.8 Å². The van der Waals surface area contributed by atoms with E-state index in [0.717, 1.165) is 31.5 Å². The Kier molecular flexibility index (Phi) is 5.19. The van der Waals surface area contributed by atoms with Crippen molar-refractivity contribution in [2.45, 2.75) is 32.2 Å². The fourth-order valence-corrected chi connectivity index (χ4v) is 3.51. The third kappa shape index (κ3) is 3.45. The summed E-state index contributed by atoms with van der Waals surface area (Å²) in [5.41, 5.74) is 3.60. The molecule has 1 unspecified atom stereocenters. The largest absolute Gasteiger partial charge is 0.373 e. The Morgan fingerprint density at radius 2 is 1.75 bits per heavy atom. The van der Waals surface area contributed by atoms with Crippen molar-refractivity contribution in [2.75, 3.05) is 25.0 Å². The van der Waals surface area contributed by atoms with Gasteiger partial charge in [-0.3, -0.25) is 4.79 Å². The summed E-state index contributed by atoms with van der Waals surface area (Å²) < 4.78 is 0. The predicted molar refractivity (Wildman–Crippen MR) is 99.2 cm³/mol. The van der Waals surface area contributed by atoms with Crippen LogP contribution < -0.4 is 4.90 Å². The normalized spacial score (nSPS) is 15.6. The lowest BCUT2D eigenvalue weighted by Crippen LogP contribution is -2.37. The minimum atomic E-state index is -0.0354. The second-order valence-electron chi connectivity index (χ2n) is 6.56. The molecule has 3 rings (SSSR count). The fraction of sp³-hybridized carbons (Fsp3) is 0.381. The van der Waals surface area contributed by atoms with Crippen LogP contribution in [0.4, 0.5) is 5.69 Å². The maximum atomic E-state index is 13.3. The average molecular weight is 322 g/mol. The molecule has 2 aromatic carbocycles. The Labute approximate surface area is 144 Å². The third-order valence-electron chi connectivity index (χ3n) is 4.86. The van der Waals surface area contributed by atoms with Gasteiger partial charge in [0.25, 0.3) is 0 Å². The molecule has 0 bridgehead atoms. The van der Waals surface area contributed by atoms with Gasteiger partial charge >= 0.3 is 0 Å². The molecule has 2 aromatic rings. The van der Waals surface area contributed by atoms with E-state index in [0.29, 0.717) is 6.54 Å². The Hall–Kier alpha value is -2.29. The van der Waals surface area contributed by atoms with Crippen molar-refractivity contribution in [3.05, 3.63) is 65.7 Å². The maximum Gasteiger partial charge on any atom is 0.230 e. The number of para-hydroxylation sites is 1. The van der Waals surface area contributed by atoms with Gasteiger partial charge in [-0.05, 0) is 23.6 Å². The molecule has 1 amide bonds. The maximum absolute atomic E-state index is 13.3. The molecule has 1 atom stereocenters. The van der Waals surface area contributed by atoms with E-state index >= 15 is 0 Å². The van der Waals surface area contributed by atoms with Gasteiger partial charge in [0.1, 0.15) is 0 Å². The van der Waals surface area contributed by atoms with Crippen molar-refractivity contribution in [3.63, 3.8) is 0 Å². The van der Waals surface area contributed by atoms with E-state index in [1.165, 1.54) is 11.3 Å². The van der Waals surface area contributed by atoms with E-state index in [9.17, 15) is 4.79 Å². The molecular weight excluding hydrogens is 296 g/mol. The lowest BCUT2D eigenvalue weighted by atomic mass is 9.93.